The van der Waals surface area contributed by atoms with Gasteiger partial charge in [0.05, 0.1) is 22.1 Å². The van der Waals surface area contributed by atoms with Gasteiger partial charge in [0.2, 0.25) is 10.0 Å². The predicted molar refractivity (Wildman–Crippen MR) is 123 cm³/mol. The highest BCUT2D eigenvalue weighted by Gasteiger charge is 2.40. The van der Waals surface area contributed by atoms with Crippen molar-refractivity contribution in [1.29, 1.82) is 0 Å². The monoisotopic (exact) mass is 428 g/mol. The molecule has 1 atom stereocenters. The van der Waals surface area contributed by atoms with E-state index < -0.39 is 10.0 Å². The minimum Gasteiger partial charge on any atom is -0.251 e. The second kappa shape index (κ2) is 7.59. The SMILES string of the molecule is Cc1ccc(S(=O)(=O)N2Cc3cc4cc(C)ccc4nc3C2Cc2ccccc2)cc1. The first kappa shape index (κ1) is 19.9. The molecule has 31 heavy (non-hydrogen) atoms. The number of aromatic nitrogens is 1. The second-order valence-electron chi connectivity index (χ2n) is 8.30. The number of pyridine rings is 1. The van der Waals surface area contributed by atoms with Crippen LogP contribution in [0, 0.1) is 13.8 Å². The lowest BCUT2D eigenvalue weighted by Gasteiger charge is -2.24. The lowest BCUT2D eigenvalue weighted by molar-refractivity contribution is 0.345. The normalized spacial score (nSPS) is 16.5. The van der Waals surface area contributed by atoms with E-state index in [4.69, 9.17) is 4.98 Å². The van der Waals surface area contributed by atoms with Crippen molar-refractivity contribution in [3.05, 3.63) is 107 Å². The molecular weight excluding hydrogens is 404 g/mol. The molecule has 0 bridgehead atoms. The predicted octanol–water partition coefficient (Wildman–Crippen LogP) is 5.34. The smallest absolute Gasteiger partial charge is 0.244 e. The zero-order chi connectivity index (χ0) is 21.6. The van der Waals surface area contributed by atoms with Crippen molar-refractivity contribution in [3.8, 4) is 0 Å². The van der Waals surface area contributed by atoms with E-state index in [1.807, 2.05) is 61.5 Å². The number of hydrogen-bond donors (Lipinski definition) is 0. The molecule has 1 aliphatic rings. The number of rotatable bonds is 4. The first-order valence-corrected chi connectivity index (χ1v) is 11.9. The van der Waals surface area contributed by atoms with Crippen molar-refractivity contribution in [1.82, 2.24) is 9.29 Å². The molecule has 0 fully saturated rings. The van der Waals surface area contributed by atoms with Crippen LogP contribution in [0.3, 0.4) is 0 Å². The van der Waals surface area contributed by atoms with Gasteiger partial charge in [0.1, 0.15) is 0 Å². The second-order valence-corrected chi connectivity index (χ2v) is 10.2. The number of nitrogens with zero attached hydrogens (tertiary/aromatic N) is 2. The molecule has 0 saturated heterocycles. The molecule has 4 aromatic rings. The highest BCUT2D eigenvalue weighted by molar-refractivity contribution is 7.89. The van der Waals surface area contributed by atoms with Crippen LogP contribution in [0.15, 0.2) is 83.8 Å². The Labute approximate surface area is 183 Å². The van der Waals surface area contributed by atoms with Gasteiger partial charge in [0.15, 0.2) is 0 Å². The summed E-state index contributed by atoms with van der Waals surface area (Å²) in [5.41, 5.74) is 6.03. The summed E-state index contributed by atoms with van der Waals surface area (Å²) >= 11 is 0. The van der Waals surface area contributed by atoms with E-state index in [2.05, 4.69) is 19.1 Å². The average Bonchev–Trinajstić information content (AvgIpc) is 3.11. The molecular formula is C26H24N2O2S. The van der Waals surface area contributed by atoms with Crippen molar-refractivity contribution in [2.45, 2.75) is 37.8 Å². The third-order valence-electron chi connectivity index (χ3n) is 5.97. The van der Waals surface area contributed by atoms with Gasteiger partial charge >= 0.3 is 0 Å². The highest BCUT2D eigenvalue weighted by atomic mass is 32.2. The quantitative estimate of drug-likeness (QED) is 0.441. The molecule has 0 saturated carbocycles. The first-order chi connectivity index (χ1) is 14.9. The maximum Gasteiger partial charge on any atom is 0.244 e. The van der Waals surface area contributed by atoms with Gasteiger partial charge < -0.3 is 0 Å². The molecule has 2 heterocycles. The lowest BCUT2D eigenvalue weighted by atomic mass is 10.0. The molecule has 3 aromatic carbocycles. The van der Waals surface area contributed by atoms with Crippen LogP contribution in [0.2, 0.25) is 0 Å². The van der Waals surface area contributed by atoms with Crippen LogP contribution in [0.4, 0.5) is 0 Å². The molecule has 0 aliphatic carbocycles. The number of hydrogen-bond acceptors (Lipinski definition) is 3. The summed E-state index contributed by atoms with van der Waals surface area (Å²) in [6.45, 7) is 4.34. The summed E-state index contributed by atoms with van der Waals surface area (Å²) in [5.74, 6) is 0. The summed E-state index contributed by atoms with van der Waals surface area (Å²) in [5, 5.41) is 1.05. The van der Waals surface area contributed by atoms with Crippen LogP contribution in [-0.2, 0) is 23.0 Å². The van der Waals surface area contributed by atoms with Gasteiger partial charge in [-0.05, 0) is 61.7 Å². The summed E-state index contributed by atoms with van der Waals surface area (Å²) in [4.78, 5) is 5.26. The fourth-order valence-electron chi connectivity index (χ4n) is 4.32. The Bertz CT molecular complexity index is 1360. The molecule has 1 unspecified atom stereocenters. The van der Waals surface area contributed by atoms with E-state index in [1.54, 1.807) is 16.4 Å². The van der Waals surface area contributed by atoms with Crippen molar-refractivity contribution in [2.75, 3.05) is 0 Å². The fraction of sp³-hybridized carbons (Fsp3) is 0.192. The third-order valence-corrected chi connectivity index (χ3v) is 7.84. The van der Waals surface area contributed by atoms with E-state index in [-0.39, 0.29) is 6.04 Å². The molecule has 0 amide bonds. The summed E-state index contributed by atoms with van der Waals surface area (Å²) in [6.07, 6.45) is 0.587. The summed E-state index contributed by atoms with van der Waals surface area (Å²) < 4.78 is 28.9. The van der Waals surface area contributed by atoms with Crippen LogP contribution in [0.25, 0.3) is 10.9 Å². The van der Waals surface area contributed by atoms with E-state index >= 15 is 0 Å². The van der Waals surface area contributed by atoms with Crippen LogP contribution < -0.4 is 0 Å². The van der Waals surface area contributed by atoms with Crippen molar-refractivity contribution in [3.63, 3.8) is 0 Å². The largest absolute Gasteiger partial charge is 0.251 e. The Hall–Kier alpha value is -3.02. The lowest BCUT2D eigenvalue weighted by Crippen LogP contribution is -2.31. The molecule has 156 valence electrons. The Morgan fingerprint density at radius 1 is 0.903 bits per heavy atom. The van der Waals surface area contributed by atoms with Gasteiger partial charge in [-0.3, -0.25) is 4.98 Å². The minimum atomic E-state index is -3.67. The van der Waals surface area contributed by atoms with Crippen LogP contribution in [0.1, 0.15) is 34.0 Å². The molecule has 5 rings (SSSR count). The van der Waals surface area contributed by atoms with Gasteiger partial charge in [-0.15, -0.1) is 0 Å². The van der Waals surface area contributed by atoms with E-state index in [1.165, 1.54) is 0 Å². The molecule has 0 spiro atoms. The molecule has 0 N–H and O–H groups in total. The zero-order valence-corrected chi connectivity index (χ0v) is 18.4. The van der Waals surface area contributed by atoms with Crippen molar-refractivity contribution >= 4 is 20.9 Å². The van der Waals surface area contributed by atoms with Crippen molar-refractivity contribution < 1.29 is 8.42 Å². The van der Waals surface area contributed by atoms with Crippen LogP contribution >= 0.6 is 0 Å². The number of sulfonamides is 1. The Morgan fingerprint density at radius 2 is 1.61 bits per heavy atom. The standard InChI is InChI=1S/C26H24N2O2S/c1-18-8-11-23(12-9-18)31(29,30)28-17-22-16-21-14-19(2)10-13-24(21)27-26(22)25(28)15-20-6-4-3-5-7-20/h3-14,16,25H,15,17H2,1-2H3. The molecule has 5 heteroatoms. The first-order valence-electron chi connectivity index (χ1n) is 10.4. The maximum atomic E-state index is 13.7. The summed E-state index contributed by atoms with van der Waals surface area (Å²) in [6, 6.07) is 25.0. The fourth-order valence-corrected chi connectivity index (χ4v) is 5.89. The number of benzene rings is 3. The van der Waals surface area contributed by atoms with Crippen LogP contribution in [0.5, 0.6) is 0 Å². The van der Waals surface area contributed by atoms with Gasteiger partial charge in [-0.25, -0.2) is 8.42 Å². The summed E-state index contributed by atoms with van der Waals surface area (Å²) in [7, 11) is -3.67. The van der Waals surface area contributed by atoms with E-state index in [0.717, 1.165) is 38.9 Å². The van der Waals surface area contributed by atoms with E-state index in [0.29, 0.717) is 17.9 Å². The van der Waals surface area contributed by atoms with Gasteiger partial charge in [0, 0.05) is 11.9 Å². The molecule has 4 nitrogen and oxygen atoms in total. The van der Waals surface area contributed by atoms with E-state index in [9.17, 15) is 8.42 Å². The highest BCUT2D eigenvalue weighted by Crippen LogP contribution is 2.40. The molecule has 1 aliphatic heterocycles. The Morgan fingerprint density at radius 3 is 2.35 bits per heavy atom. The minimum absolute atomic E-state index is 0.323. The third kappa shape index (κ3) is 3.64. The van der Waals surface area contributed by atoms with Gasteiger partial charge in [0.25, 0.3) is 0 Å². The number of fused-ring (bicyclic) bond motifs is 2. The van der Waals surface area contributed by atoms with Gasteiger partial charge in [-0.1, -0.05) is 59.7 Å². The van der Waals surface area contributed by atoms with Crippen molar-refractivity contribution in [2.24, 2.45) is 0 Å². The molecule has 0 radical (unpaired) electrons. The number of aryl methyl sites for hydroxylation is 2. The van der Waals surface area contributed by atoms with Crippen LogP contribution in [-0.4, -0.2) is 17.7 Å². The topological polar surface area (TPSA) is 50.3 Å². The maximum absolute atomic E-state index is 13.7. The Kier molecular flexibility index (Phi) is 4.88. The Balaban J connectivity index is 1.63. The molecule has 1 aromatic heterocycles. The average molecular weight is 429 g/mol. The van der Waals surface area contributed by atoms with Gasteiger partial charge in [-0.2, -0.15) is 4.31 Å². The zero-order valence-electron chi connectivity index (χ0n) is 17.6.